The van der Waals surface area contributed by atoms with Gasteiger partial charge in [0, 0.05) is 58.8 Å². The average molecular weight is 397 g/mol. The summed E-state index contributed by atoms with van der Waals surface area (Å²) >= 11 is 0. The largest absolute Gasteiger partial charge is 0.379 e. The summed E-state index contributed by atoms with van der Waals surface area (Å²) in [5, 5.41) is 6.97. The maximum absolute atomic E-state index is 12.0. The Morgan fingerprint density at radius 2 is 1.79 bits per heavy atom. The third kappa shape index (κ3) is 7.93. The van der Waals surface area contributed by atoms with Gasteiger partial charge in [0.25, 0.3) is 0 Å². The Morgan fingerprint density at radius 3 is 2.39 bits per heavy atom. The SMILES string of the molecule is CN(C)CC1(CNC(=NCC(=O)N(C)C)NCCN2CCOCC2)CCCC1. The minimum Gasteiger partial charge on any atom is -0.379 e. The number of amides is 1. The van der Waals surface area contributed by atoms with Gasteiger partial charge in [0.15, 0.2) is 5.96 Å². The molecule has 2 aliphatic rings. The molecule has 2 fully saturated rings. The van der Waals surface area contributed by atoms with Gasteiger partial charge in [-0.25, -0.2) is 4.99 Å². The number of guanidine groups is 1. The van der Waals surface area contributed by atoms with Crippen molar-refractivity contribution < 1.29 is 9.53 Å². The molecule has 2 N–H and O–H groups in total. The van der Waals surface area contributed by atoms with E-state index < -0.39 is 0 Å². The van der Waals surface area contributed by atoms with E-state index in [1.165, 1.54) is 25.7 Å². The maximum atomic E-state index is 12.0. The molecular weight excluding hydrogens is 356 g/mol. The number of aliphatic imine (C=N–C) groups is 1. The first-order valence-electron chi connectivity index (χ1n) is 10.6. The highest BCUT2D eigenvalue weighted by atomic mass is 16.5. The van der Waals surface area contributed by atoms with Gasteiger partial charge in [-0.15, -0.1) is 0 Å². The van der Waals surface area contributed by atoms with E-state index in [0.717, 1.165) is 58.4 Å². The van der Waals surface area contributed by atoms with Crippen molar-refractivity contribution in [2.75, 3.05) is 87.2 Å². The van der Waals surface area contributed by atoms with Crippen LogP contribution in [0.25, 0.3) is 0 Å². The molecule has 1 heterocycles. The van der Waals surface area contributed by atoms with Crippen LogP contribution in [0, 0.1) is 5.41 Å². The second-order valence-corrected chi connectivity index (χ2v) is 8.63. The lowest BCUT2D eigenvalue weighted by Crippen LogP contribution is -2.48. The number of rotatable bonds is 9. The molecular formula is C20H40N6O2. The van der Waals surface area contributed by atoms with E-state index in [-0.39, 0.29) is 12.5 Å². The highest BCUT2D eigenvalue weighted by Crippen LogP contribution is 2.37. The Hall–Kier alpha value is -1.38. The molecule has 28 heavy (non-hydrogen) atoms. The molecule has 0 unspecified atom stereocenters. The quantitative estimate of drug-likeness (QED) is 0.424. The van der Waals surface area contributed by atoms with Crippen molar-refractivity contribution >= 4 is 11.9 Å². The van der Waals surface area contributed by atoms with Crippen LogP contribution in [0.3, 0.4) is 0 Å². The molecule has 0 aromatic rings. The van der Waals surface area contributed by atoms with E-state index in [1.807, 2.05) is 0 Å². The molecule has 8 heteroatoms. The second kappa shape index (κ2) is 11.6. The first-order chi connectivity index (χ1) is 13.4. The number of ether oxygens (including phenoxy) is 1. The van der Waals surface area contributed by atoms with Gasteiger partial charge in [0.05, 0.1) is 13.2 Å². The van der Waals surface area contributed by atoms with Crippen LogP contribution >= 0.6 is 0 Å². The molecule has 2 rings (SSSR count). The monoisotopic (exact) mass is 396 g/mol. The number of hydrogen-bond donors (Lipinski definition) is 2. The molecule has 162 valence electrons. The Kier molecular flexibility index (Phi) is 9.47. The summed E-state index contributed by atoms with van der Waals surface area (Å²) < 4.78 is 5.41. The third-order valence-corrected chi connectivity index (χ3v) is 5.64. The lowest BCUT2D eigenvalue weighted by Gasteiger charge is -2.33. The molecule has 0 radical (unpaired) electrons. The van der Waals surface area contributed by atoms with Crippen LogP contribution in [0.15, 0.2) is 4.99 Å². The summed E-state index contributed by atoms with van der Waals surface area (Å²) in [6, 6.07) is 0. The Morgan fingerprint density at radius 1 is 1.11 bits per heavy atom. The van der Waals surface area contributed by atoms with Crippen LogP contribution < -0.4 is 10.6 Å². The summed E-state index contributed by atoms with van der Waals surface area (Å²) in [6.07, 6.45) is 5.09. The van der Waals surface area contributed by atoms with Crippen molar-refractivity contribution in [3.8, 4) is 0 Å². The summed E-state index contributed by atoms with van der Waals surface area (Å²) in [5.74, 6) is 0.756. The molecule has 1 aliphatic heterocycles. The van der Waals surface area contributed by atoms with Crippen molar-refractivity contribution in [3.05, 3.63) is 0 Å². The number of nitrogens with one attached hydrogen (secondary N) is 2. The predicted molar refractivity (Wildman–Crippen MR) is 114 cm³/mol. The normalized spacial score (nSPS) is 20.4. The molecule has 8 nitrogen and oxygen atoms in total. The van der Waals surface area contributed by atoms with Gasteiger partial charge in [-0.05, 0) is 26.9 Å². The first-order valence-corrected chi connectivity index (χ1v) is 10.6. The molecule has 0 aromatic carbocycles. The van der Waals surface area contributed by atoms with Crippen molar-refractivity contribution in [1.82, 2.24) is 25.3 Å². The second-order valence-electron chi connectivity index (χ2n) is 8.63. The van der Waals surface area contributed by atoms with Gasteiger partial charge >= 0.3 is 0 Å². The van der Waals surface area contributed by atoms with E-state index >= 15 is 0 Å². The Labute approximate surface area is 170 Å². The Balaban J connectivity index is 1.90. The smallest absolute Gasteiger partial charge is 0.243 e. The van der Waals surface area contributed by atoms with Gasteiger partial charge in [-0.1, -0.05) is 12.8 Å². The zero-order valence-corrected chi connectivity index (χ0v) is 18.3. The van der Waals surface area contributed by atoms with Crippen LogP contribution in [0.2, 0.25) is 0 Å². The molecule has 0 atom stereocenters. The minimum absolute atomic E-state index is 0.0122. The van der Waals surface area contributed by atoms with Crippen molar-refractivity contribution in [2.24, 2.45) is 10.4 Å². The van der Waals surface area contributed by atoms with Crippen LogP contribution in [-0.4, -0.2) is 114 Å². The number of morpholine rings is 1. The van der Waals surface area contributed by atoms with Crippen molar-refractivity contribution in [2.45, 2.75) is 25.7 Å². The number of hydrogen-bond acceptors (Lipinski definition) is 5. The number of likely N-dealkylation sites (N-methyl/N-ethyl adjacent to an activating group) is 1. The van der Waals surface area contributed by atoms with Gasteiger partial charge < -0.3 is 25.2 Å². The van der Waals surface area contributed by atoms with Crippen LogP contribution in [0.5, 0.6) is 0 Å². The first kappa shape index (κ1) is 22.9. The predicted octanol–water partition coefficient (Wildman–Crippen LogP) is 0.0640. The zero-order chi connectivity index (χ0) is 20.4. The number of carbonyl (C=O) groups excluding carboxylic acids is 1. The molecule has 0 aromatic heterocycles. The van der Waals surface area contributed by atoms with Gasteiger partial charge in [-0.2, -0.15) is 0 Å². The zero-order valence-electron chi connectivity index (χ0n) is 18.3. The lowest BCUT2D eigenvalue weighted by molar-refractivity contribution is -0.127. The van der Waals surface area contributed by atoms with Crippen LogP contribution in [-0.2, 0) is 9.53 Å². The molecule has 0 spiro atoms. The average Bonchev–Trinajstić information content (AvgIpc) is 3.11. The fraction of sp³-hybridized carbons (Fsp3) is 0.900. The summed E-state index contributed by atoms with van der Waals surface area (Å²) in [5.41, 5.74) is 0.293. The fourth-order valence-corrected chi connectivity index (χ4v) is 4.08. The highest BCUT2D eigenvalue weighted by Gasteiger charge is 2.34. The lowest BCUT2D eigenvalue weighted by atomic mass is 9.85. The molecule has 1 saturated carbocycles. The third-order valence-electron chi connectivity index (χ3n) is 5.64. The maximum Gasteiger partial charge on any atom is 0.243 e. The molecule has 1 amide bonds. The Bertz CT molecular complexity index is 497. The highest BCUT2D eigenvalue weighted by molar-refractivity contribution is 5.84. The van der Waals surface area contributed by atoms with E-state index in [2.05, 4.69) is 39.5 Å². The van der Waals surface area contributed by atoms with E-state index in [1.54, 1.807) is 19.0 Å². The van der Waals surface area contributed by atoms with Crippen LogP contribution in [0.4, 0.5) is 0 Å². The molecule has 1 aliphatic carbocycles. The number of carbonyl (C=O) groups is 1. The van der Waals surface area contributed by atoms with E-state index in [0.29, 0.717) is 5.41 Å². The van der Waals surface area contributed by atoms with E-state index in [4.69, 9.17) is 4.74 Å². The molecule has 1 saturated heterocycles. The van der Waals surface area contributed by atoms with Gasteiger partial charge in [0.2, 0.25) is 5.91 Å². The fourth-order valence-electron chi connectivity index (χ4n) is 4.08. The number of nitrogens with zero attached hydrogens (tertiary/aromatic N) is 4. The van der Waals surface area contributed by atoms with Crippen molar-refractivity contribution in [1.29, 1.82) is 0 Å². The topological polar surface area (TPSA) is 72.4 Å². The van der Waals surface area contributed by atoms with Gasteiger partial charge in [0.1, 0.15) is 6.54 Å². The van der Waals surface area contributed by atoms with Gasteiger partial charge in [-0.3, -0.25) is 9.69 Å². The minimum atomic E-state index is 0.0122. The van der Waals surface area contributed by atoms with Crippen molar-refractivity contribution in [3.63, 3.8) is 0 Å². The van der Waals surface area contributed by atoms with E-state index in [9.17, 15) is 4.79 Å². The van der Waals surface area contributed by atoms with Crippen LogP contribution in [0.1, 0.15) is 25.7 Å². The molecule has 0 bridgehead atoms. The summed E-state index contributed by atoms with van der Waals surface area (Å²) in [6.45, 7) is 7.48. The summed E-state index contributed by atoms with van der Waals surface area (Å²) in [4.78, 5) is 22.8. The standard InChI is InChI=1S/C20H40N6O2/c1-24(2)17-20(7-5-6-8-20)16-23-19(22-15-18(27)25(3)4)21-9-10-26-11-13-28-14-12-26/h5-17H2,1-4H3,(H2,21,22,23). The summed E-state index contributed by atoms with van der Waals surface area (Å²) in [7, 11) is 7.82.